The molecule has 4 heterocycles. The number of carbonyl (C=O) groups is 3. The highest BCUT2D eigenvalue weighted by molar-refractivity contribution is 7.93. The molecule has 3 aliphatic heterocycles. The van der Waals surface area contributed by atoms with Gasteiger partial charge in [-0.2, -0.15) is 0 Å². The summed E-state index contributed by atoms with van der Waals surface area (Å²) in [6.45, 7) is 6.09. The summed E-state index contributed by atoms with van der Waals surface area (Å²) >= 11 is -0.263. The first-order chi connectivity index (χ1) is 22.8. The zero-order valence-corrected chi connectivity index (χ0v) is 27.7. The number of hydrogen-bond donors (Lipinski definition) is 1. The van der Waals surface area contributed by atoms with Gasteiger partial charge in [0.1, 0.15) is 10.9 Å². The average Bonchev–Trinajstić information content (AvgIpc) is 3.61. The van der Waals surface area contributed by atoms with Crippen molar-refractivity contribution in [3.63, 3.8) is 0 Å². The van der Waals surface area contributed by atoms with Crippen molar-refractivity contribution in [2.75, 3.05) is 26.3 Å². The number of esters is 1. The Kier molecular flexibility index (Phi) is 10.4. The molecule has 246 valence electrons. The lowest BCUT2D eigenvalue weighted by molar-refractivity contribution is -0.155. The molecule has 3 unspecified atom stereocenters. The SMILES string of the molecule is CC(O/N=C/C1=C(C(=O)OC(c2ccccc2)c2ccccc2)N2C(=O)C(NC(=O)Cc3cccs3)[C@H]2[S+]([O-])[C@@H]1C)N1CCOCC1. The van der Waals surface area contributed by atoms with Gasteiger partial charge < -0.3 is 24.2 Å². The highest BCUT2D eigenvalue weighted by Crippen LogP contribution is 2.41. The summed E-state index contributed by atoms with van der Waals surface area (Å²) in [5, 5.41) is 7.12. The number of morpholine rings is 1. The van der Waals surface area contributed by atoms with Gasteiger partial charge in [0.25, 0.3) is 5.91 Å². The summed E-state index contributed by atoms with van der Waals surface area (Å²) in [7, 11) is 0. The number of nitrogens with zero attached hydrogens (tertiary/aromatic N) is 3. The van der Waals surface area contributed by atoms with E-state index in [2.05, 4.69) is 15.4 Å². The van der Waals surface area contributed by atoms with Gasteiger partial charge in [-0.1, -0.05) is 71.9 Å². The summed E-state index contributed by atoms with van der Waals surface area (Å²) in [5.74, 6) is -1.70. The molecule has 47 heavy (non-hydrogen) atoms. The highest BCUT2D eigenvalue weighted by Gasteiger charge is 2.63. The summed E-state index contributed by atoms with van der Waals surface area (Å²) in [4.78, 5) is 50.7. The molecule has 1 aromatic heterocycles. The third kappa shape index (κ3) is 7.14. The van der Waals surface area contributed by atoms with Gasteiger partial charge in [0.15, 0.2) is 18.4 Å². The van der Waals surface area contributed by atoms with Crippen molar-refractivity contribution >= 4 is 46.5 Å². The minimum absolute atomic E-state index is 0.0703. The predicted octanol–water partition coefficient (Wildman–Crippen LogP) is 3.36. The van der Waals surface area contributed by atoms with Gasteiger partial charge >= 0.3 is 5.97 Å². The molecule has 6 rings (SSSR count). The van der Waals surface area contributed by atoms with E-state index in [4.69, 9.17) is 14.3 Å². The van der Waals surface area contributed by atoms with Crippen LogP contribution >= 0.6 is 11.3 Å². The lowest BCUT2D eigenvalue weighted by atomic mass is 9.99. The van der Waals surface area contributed by atoms with E-state index in [0.717, 1.165) is 16.0 Å². The van der Waals surface area contributed by atoms with Gasteiger partial charge in [-0.25, -0.2) is 4.79 Å². The minimum atomic E-state index is -1.70. The first-order valence-corrected chi connectivity index (χ1v) is 17.6. The molecule has 13 heteroatoms. The van der Waals surface area contributed by atoms with E-state index < -0.39 is 45.8 Å². The number of ether oxygens (including phenoxy) is 2. The van der Waals surface area contributed by atoms with E-state index >= 15 is 0 Å². The molecule has 0 spiro atoms. The first-order valence-electron chi connectivity index (χ1n) is 15.4. The van der Waals surface area contributed by atoms with Gasteiger partial charge in [-0.15, -0.1) is 11.3 Å². The van der Waals surface area contributed by atoms with E-state index in [1.54, 1.807) is 6.92 Å². The van der Waals surface area contributed by atoms with Crippen LogP contribution in [0.15, 0.2) is 94.6 Å². The molecule has 0 saturated carbocycles. The van der Waals surface area contributed by atoms with Gasteiger partial charge in [0.2, 0.25) is 11.3 Å². The maximum Gasteiger partial charge on any atom is 0.356 e. The molecule has 0 aliphatic carbocycles. The van der Waals surface area contributed by atoms with Crippen molar-refractivity contribution in [3.8, 4) is 0 Å². The normalized spacial score (nSPS) is 23.7. The maximum atomic E-state index is 14.3. The zero-order chi connectivity index (χ0) is 32.9. The molecule has 2 amide bonds. The van der Waals surface area contributed by atoms with Crippen LogP contribution in [0.3, 0.4) is 0 Å². The molecule has 2 saturated heterocycles. The summed E-state index contributed by atoms with van der Waals surface area (Å²) in [6, 6.07) is 21.2. The van der Waals surface area contributed by atoms with E-state index in [9.17, 15) is 18.9 Å². The molecule has 3 aromatic rings. The summed E-state index contributed by atoms with van der Waals surface area (Å²) in [6.07, 6.45) is 0.278. The van der Waals surface area contributed by atoms with E-state index in [1.165, 1.54) is 22.5 Å². The first kappa shape index (κ1) is 32.9. The fraction of sp³-hybridized carbons (Fsp3) is 0.353. The van der Waals surface area contributed by atoms with Crippen LogP contribution in [-0.4, -0.2) is 87.5 Å². The van der Waals surface area contributed by atoms with Crippen LogP contribution in [0.5, 0.6) is 0 Å². The van der Waals surface area contributed by atoms with Gasteiger partial charge in [0.05, 0.1) is 31.4 Å². The topological polar surface area (TPSA) is 133 Å². The quantitative estimate of drug-likeness (QED) is 0.108. The molecule has 3 aliphatic rings. The molecule has 0 radical (unpaired) electrons. The second kappa shape index (κ2) is 14.8. The standard InChI is InChI=1S/C34H36N4O7S2/c1-22-27(21-35-45-23(2)37-15-17-43-18-16-37)30(34(41)44-31(24-10-5-3-6-11-24)25-12-7-4-8-13-25)38-32(40)29(33(38)47(22)42)36-28(39)20-26-14-9-19-46-26/h3-14,19,21-23,29,31,33H,15-18,20H2,1-2H3,(H,36,39)/b35-21+/t22-,23?,29?,33-,47?/m1/s1. The largest absolute Gasteiger partial charge is 0.614 e. The number of β-lactam (4-membered cyclic amide) rings is 1. The third-order valence-corrected chi connectivity index (χ3v) is 11.2. The smallest absolute Gasteiger partial charge is 0.356 e. The van der Waals surface area contributed by atoms with Gasteiger partial charge in [-0.3, -0.25) is 19.4 Å². The number of benzene rings is 2. The van der Waals surface area contributed by atoms with Crippen molar-refractivity contribution in [3.05, 3.63) is 105 Å². The van der Waals surface area contributed by atoms with Crippen LogP contribution in [0.25, 0.3) is 0 Å². The van der Waals surface area contributed by atoms with Crippen molar-refractivity contribution in [1.82, 2.24) is 15.1 Å². The molecule has 2 aromatic carbocycles. The monoisotopic (exact) mass is 676 g/mol. The summed E-state index contributed by atoms with van der Waals surface area (Å²) < 4.78 is 25.5. The Morgan fingerprint density at radius 1 is 1.09 bits per heavy atom. The maximum absolute atomic E-state index is 14.3. The summed E-state index contributed by atoms with van der Waals surface area (Å²) in [5.41, 5.74) is 1.65. The van der Waals surface area contributed by atoms with Crippen molar-refractivity contribution in [1.29, 1.82) is 0 Å². The molecule has 1 N–H and O–H groups in total. The number of amides is 2. The number of carbonyl (C=O) groups excluding carboxylic acids is 3. The van der Waals surface area contributed by atoms with Crippen LogP contribution in [0.2, 0.25) is 0 Å². The molecule has 2 fully saturated rings. The van der Waals surface area contributed by atoms with Crippen molar-refractivity contribution in [2.24, 2.45) is 5.16 Å². The number of oxime groups is 1. The third-order valence-electron chi connectivity index (χ3n) is 8.40. The Hall–Kier alpha value is -4.01. The lowest BCUT2D eigenvalue weighted by Crippen LogP contribution is -2.75. The number of thiophene rings is 1. The lowest BCUT2D eigenvalue weighted by Gasteiger charge is -2.50. The number of hydrogen-bond acceptors (Lipinski definition) is 10. The Morgan fingerprint density at radius 2 is 1.74 bits per heavy atom. The second-order valence-corrected chi connectivity index (χ2v) is 14.2. The highest BCUT2D eigenvalue weighted by atomic mass is 32.2. The van der Waals surface area contributed by atoms with E-state index in [-0.39, 0.29) is 29.8 Å². The fourth-order valence-corrected chi connectivity index (χ4v) is 8.26. The number of rotatable bonds is 11. The van der Waals surface area contributed by atoms with E-state index in [1.807, 2.05) is 85.1 Å². The molecule has 0 bridgehead atoms. The Balaban J connectivity index is 1.31. The minimum Gasteiger partial charge on any atom is -0.614 e. The van der Waals surface area contributed by atoms with Crippen LogP contribution in [0.1, 0.15) is 36.0 Å². The Morgan fingerprint density at radius 3 is 2.36 bits per heavy atom. The van der Waals surface area contributed by atoms with E-state index in [0.29, 0.717) is 26.3 Å². The molecular weight excluding hydrogens is 641 g/mol. The predicted molar refractivity (Wildman–Crippen MR) is 177 cm³/mol. The Labute approximate surface area is 280 Å². The zero-order valence-electron chi connectivity index (χ0n) is 26.0. The molecule has 11 nitrogen and oxygen atoms in total. The fourth-order valence-electron chi connectivity index (χ4n) is 5.85. The second-order valence-electron chi connectivity index (χ2n) is 11.4. The van der Waals surface area contributed by atoms with Crippen molar-refractivity contribution < 1.29 is 33.2 Å². The van der Waals surface area contributed by atoms with Crippen LogP contribution in [0, 0.1) is 0 Å². The van der Waals surface area contributed by atoms with Crippen LogP contribution in [-0.2, 0) is 46.3 Å². The molecular formula is C34H36N4O7S2. The van der Waals surface area contributed by atoms with Crippen molar-refractivity contribution in [2.45, 2.75) is 49.3 Å². The van der Waals surface area contributed by atoms with Crippen LogP contribution in [0.4, 0.5) is 0 Å². The average molecular weight is 677 g/mol. The molecule has 5 atom stereocenters. The number of nitrogens with one attached hydrogen (secondary N) is 1. The van der Waals surface area contributed by atoms with Gasteiger partial charge in [-0.05, 0) is 47.6 Å². The Bertz CT molecular complexity index is 1570. The number of fused-ring (bicyclic) bond motifs is 1. The van der Waals surface area contributed by atoms with Gasteiger partial charge in [0, 0.05) is 18.0 Å². The van der Waals surface area contributed by atoms with Crippen LogP contribution < -0.4 is 5.32 Å².